The highest BCUT2D eigenvalue weighted by Crippen LogP contribution is 2.30. The Morgan fingerprint density at radius 2 is 1.83 bits per heavy atom. The summed E-state index contributed by atoms with van der Waals surface area (Å²) >= 11 is 0. The highest BCUT2D eigenvalue weighted by atomic mass is 32.2. The topological polar surface area (TPSA) is 94.2 Å². The van der Waals surface area contributed by atoms with Crippen LogP contribution in [0.25, 0.3) is 0 Å². The Labute approximate surface area is 142 Å². The molecule has 0 aromatic heterocycles. The van der Waals surface area contributed by atoms with Crippen molar-refractivity contribution in [3.8, 4) is 11.5 Å². The van der Waals surface area contributed by atoms with E-state index in [2.05, 4.69) is 5.32 Å². The van der Waals surface area contributed by atoms with Gasteiger partial charge in [0.15, 0.2) is 11.5 Å². The van der Waals surface area contributed by atoms with Gasteiger partial charge in [0.2, 0.25) is 15.9 Å². The third kappa shape index (κ3) is 5.08. The first-order chi connectivity index (χ1) is 11.3. The van der Waals surface area contributed by atoms with Gasteiger partial charge in [-0.25, -0.2) is 8.42 Å². The standard InChI is InChI=1S/C15H24N2O6S/c1-11(10-21-3)16-15(18)9-17(2)24(19,20)12-6-7-13(22-4)14(8-12)23-5/h6-8,11H,9-10H2,1-5H3,(H,16,18)/t11-/m0/s1. The van der Waals surface area contributed by atoms with Crippen LogP contribution in [0.1, 0.15) is 6.92 Å². The van der Waals surface area contributed by atoms with Gasteiger partial charge in [0.05, 0.1) is 32.3 Å². The van der Waals surface area contributed by atoms with E-state index in [4.69, 9.17) is 14.2 Å². The van der Waals surface area contributed by atoms with Crippen LogP contribution in [0.5, 0.6) is 11.5 Å². The Morgan fingerprint density at radius 1 is 1.21 bits per heavy atom. The number of hydrogen-bond donors (Lipinski definition) is 1. The zero-order chi connectivity index (χ0) is 18.3. The van der Waals surface area contributed by atoms with Crippen LogP contribution in [-0.2, 0) is 19.6 Å². The van der Waals surface area contributed by atoms with E-state index in [1.807, 2.05) is 0 Å². The average Bonchev–Trinajstić information content (AvgIpc) is 2.53. The molecule has 0 spiro atoms. The molecule has 0 aliphatic rings. The van der Waals surface area contributed by atoms with Crippen molar-refractivity contribution in [2.75, 3.05) is 41.5 Å². The fraction of sp³-hybridized carbons (Fsp3) is 0.533. The maximum atomic E-state index is 12.6. The lowest BCUT2D eigenvalue weighted by Crippen LogP contribution is -2.43. The maximum absolute atomic E-state index is 12.6. The Hall–Kier alpha value is -1.84. The van der Waals surface area contributed by atoms with Crippen molar-refractivity contribution >= 4 is 15.9 Å². The molecular weight excluding hydrogens is 336 g/mol. The molecule has 1 N–H and O–H groups in total. The van der Waals surface area contributed by atoms with Gasteiger partial charge in [0, 0.05) is 26.3 Å². The lowest BCUT2D eigenvalue weighted by Gasteiger charge is -2.19. The predicted octanol–water partition coefficient (Wildman–Crippen LogP) is 0.475. The van der Waals surface area contributed by atoms with E-state index in [9.17, 15) is 13.2 Å². The summed E-state index contributed by atoms with van der Waals surface area (Å²) in [6.45, 7) is 1.81. The second-order valence-corrected chi connectivity index (χ2v) is 7.25. The summed E-state index contributed by atoms with van der Waals surface area (Å²) in [5.41, 5.74) is 0. The number of methoxy groups -OCH3 is 3. The molecule has 1 amide bonds. The highest BCUT2D eigenvalue weighted by Gasteiger charge is 2.24. The summed E-state index contributed by atoms with van der Waals surface area (Å²) in [6.07, 6.45) is 0. The molecule has 8 nitrogen and oxygen atoms in total. The third-order valence-electron chi connectivity index (χ3n) is 3.25. The molecule has 0 saturated heterocycles. The van der Waals surface area contributed by atoms with Gasteiger partial charge in [-0.1, -0.05) is 0 Å². The van der Waals surface area contributed by atoms with Crippen LogP contribution < -0.4 is 14.8 Å². The zero-order valence-electron chi connectivity index (χ0n) is 14.5. The summed E-state index contributed by atoms with van der Waals surface area (Å²) < 4.78 is 41.2. The number of carbonyl (C=O) groups is 1. The summed E-state index contributed by atoms with van der Waals surface area (Å²) in [4.78, 5) is 11.9. The van der Waals surface area contributed by atoms with Crippen molar-refractivity contribution < 1.29 is 27.4 Å². The molecule has 0 fully saturated rings. The maximum Gasteiger partial charge on any atom is 0.243 e. The van der Waals surface area contributed by atoms with Crippen molar-refractivity contribution in [2.24, 2.45) is 0 Å². The van der Waals surface area contributed by atoms with Crippen molar-refractivity contribution in [3.63, 3.8) is 0 Å². The molecule has 0 aliphatic carbocycles. The Balaban J connectivity index is 2.89. The molecule has 9 heteroatoms. The van der Waals surface area contributed by atoms with Gasteiger partial charge >= 0.3 is 0 Å². The van der Waals surface area contributed by atoms with Crippen LogP contribution >= 0.6 is 0 Å². The Bertz CT molecular complexity index is 662. The second-order valence-electron chi connectivity index (χ2n) is 5.20. The molecule has 0 aliphatic heterocycles. The first-order valence-electron chi connectivity index (χ1n) is 7.23. The lowest BCUT2D eigenvalue weighted by atomic mass is 10.3. The number of likely N-dealkylation sites (N-methyl/N-ethyl adjacent to an activating group) is 1. The molecule has 0 unspecified atom stereocenters. The van der Waals surface area contributed by atoms with Crippen molar-refractivity contribution in [2.45, 2.75) is 17.9 Å². The highest BCUT2D eigenvalue weighted by molar-refractivity contribution is 7.89. The van der Waals surface area contributed by atoms with E-state index in [0.29, 0.717) is 18.1 Å². The van der Waals surface area contributed by atoms with Crippen LogP contribution in [0.2, 0.25) is 0 Å². The van der Waals surface area contributed by atoms with Crippen LogP contribution in [0.3, 0.4) is 0 Å². The van der Waals surface area contributed by atoms with Gasteiger partial charge in [0.1, 0.15) is 0 Å². The number of nitrogens with one attached hydrogen (secondary N) is 1. The third-order valence-corrected chi connectivity index (χ3v) is 5.05. The van der Waals surface area contributed by atoms with E-state index in [0.717, 1.165) is 4.31 Å². The minimum Gasteiger partial charge on any atom is -0.493 e. The summed E-state index contributed by atoms with van der Waals surface area (Å²) in [5.74, 6) is 0.307. The van der Waals surface area contributed by atoms with Gasteiger partial charge in [-0.05, 0) is 19.1 Å². The molecule has 0 saturated carbocycles. The molecule has 0 heterocycles. The van der Waals surface area contributed by atoms with Gasteiger partial charge in [-0.3, -0.25) is 4.79 Å². The summed E-state index contributed by atoms with van der Waals surface area (Å²) in [6, 6.07) is 4.05. The van der Waals surface area contributed by atoms with Crippen LogP contribution in [0.4, 0.5) is 0 Å². The molecule has 0 radical (unpaired) electrons. The van der Waals surface area contributed by atoms with E-state index in [-0.39, 0.29) is 17.5 Å². The zero-order valence-corrected chi connectivity index (χ0v) is 15.3. The minimum atomic E-state index is -3.83. The van der Waals surface area contributed by atoms with Crippen molar-refractivity contribution in [1.82, 2.24) is 9.62 Å². The number of nitrogens with zero attached hydrogens (tertiary/aromatic N) is 1. The molecule has 24 heavy (non-hydrogen) atoms. The number of carbonyl (C=O) groups excluding carboxylic acids is 1. The van der Waals surface area contributed by atoms with Gasteiger partial charge in [-0.15, -0.1) is 0 Å². The normalized spacial score (nSPS) is 12.8. The number of amides is 1. The quantitative estimate of drug-likeness (QED) is 0.688. The lowest BCUT2D eigenvalue weighted by molar-refractivity contribution is -0.122. The number of ether oxygens (including phenoxy) is 3. The van der Waals surface area contributed by atoms with Gasteiger partial charge in [-0.2, -0.15) is 4.31 Å². The smallest absolute Gasteiger partial charge is 0.243 e. The molecule has 136 valence electrons. The van der Waals surface area contributed by atoms with Crippen molar-refractivity contribution in [1.29, 1.82) is 0 Å². The predicted molar refractivity (Wildman–Crippen MR) is 88.8 cm³/mol. The van der Waals surface area contributed by atoms with E-state index in [1.54, 1.807) is 6.92 Å². The Kier molecular flexibility index (Phi) is 7.46. The first kappa shape index (κ1) is 20.2. The molecule has 0 bridgehead atoms. The van der Waals surface area contributed by atoms with Gasteiger partial charge < -0.3 is 19.5 Å². The van der Waals surface area contributed by atoms with Crippen LogP contribution in [-0.4, -0.2) is 66.2 Å². The summed E-state index contributed by atoms with van der Waals surface area (Å²) in [7, 11) is 1.91. The average molecular weight is 360 g/mol. The molecular formula is C15H24N2O6S. The molecule has 1 rings (SSSR count). The summed E-state index contributed by atoms with van der Waals surface area (Å²) in [5, 5.41) is 2.66. The van der Waals surface area contributed by atoms with E-state index in [1.165, 1.54) is 46.6 Å². The number of sulfonamides is 1. The van der Waals surface area contributed by atoms with E-state index >= 15 is 0 Å². The first-order valence-corrected chi connectivity index (χ1v) is 8.67. The fourth-order valence-electron chi connectivity index (χ4n) is 2.06. The molecule has 1 atom stereocenters. The second kappa shape index (κ2) is 8.86. The fourth-order valence-corrected chi connectivity index (χ4v) is 3.20. The number of hydrogen-bond acceptors (Lipinski definition) is 6. The van der Waals surface area contributed by atoms with E-state index < -0.39 is 15.9 Å². The van der Waals surface area contributed by atoms with Crippen LogP contribution in [0, 0.1) is 0 Å². The molecule has 1 aromatic rings. The SMILES string of the molecule is COC[C@H](C)NC(=O)CN(C)S(=O)(=O)c1ccc(OC)c(OC)c1. The van der Waals surface area contributed by atoms with Gasteiger partial charge in [0.25, 0.3) is 0 Å². The Morgan fingerprint density at radius 3 is 2.38 bits per heavy atom. The minimum absolute atomic E-state index is 0.0142. The van der Waals surface area contributed by atoms with Crippen LogP contribution in [0.15, 0.2) is 23.1 Å². The number of benzene rings is 1. The van der Waals surface area contributed by atoms with Crippen molar-refractivity contribution in [3.05, 3.63) is 18.2 Å². The largest absolute Gasteiger partial charge is 0.493 e. The number of rotatable bonds is 9. The monoisotopic (exact) mass is 360 g/mol. The molecule has 1 aromatic carbocycles.